The van der Waals surface area contributed by atoms with Gasteiger partial charge in [0.15, 0.2) is 0 Å². The highest BCUT2D eigenvalue weighted by Crippen LogP contribution is 2.15. The zero-order valence-electron chi connectivity index (χ0n) is 13.7. The average Bonchev–Trinajstić information content (AvgIpc) is 2.62. The molecule has 0 aromatic heterocycles. The van der Waals surface area contributed by atoms with Crippen LogP contribution in [0.25, 0.3) is 0 Å². The summed E-state index contributed by atoms with van der Waals surface area (Å²) in [5.74, 6) is 0.237. The van der Waals surface area contributed by atoms with Crippen LogP contribution < -0.4 is 15.5 Å². The summed E-state index contributed by atoms with van der Waals surface area (Å²) in [6.07, 6.45) is 1.67. The Balaban J connectivity index is 1.72. The van der Waals surface area contributed by atoms with Crippen LogP contribution in [0.15, 0.2) is 58.1 Å². The maximum Gasteiger partial charge on any atom is 0.252 e. The van der Waals surface area contributed by atoms with Crippen molar-refractivity contribution < 1.29 is 14.3 Å². The number of halogens is 1. The number of benzene rings is 2. The zero-order chi connectivity index (χ0) is 18.1. The van der Waals surface area contributed by atoms with Gasteiger partial charge in [-0.1, -0.05) is 12.1 Å². The third-order valence-corrected chi connectivity index (χ3v) is 3.97. The van der Waals surface area contributed by atoms with Gasteiger partial charge >= 0.3 is 0 Å². The van der Waals surface area contributed by atoms with Crippen molar-refractivity contribution in [2.45, 2.75) is 6.42 Å². The molecule has 0 saturated heterocycles. The molecule has 0 radical (unpaired) electrons. The third-order valence-electron chi connectivity index (χ3n) is 3.27. The normalized spacial score (nSPS) is 10.5. The van der Waals surface area contributed by atoms with Gasteiger partial charge in [0.25, 0.3) is 5.91 Å². The highest BCUT2D eigenvalue weighted by molar-refractivity contribution is 9.10. The Morgan fingerprint density at radius 2 is 1.88 bits per heavy atom. The van der Waals surface area contributed by atoms with Crippen molar-refractivity contribution in [3.63, 3.8) is 0 Å². The third kappa shape index (κ3) is 6.04. The van der Waals surface area contributed by atoms with Crippen LogP contribution in [0.4, 0.5) is 0 Å². The molecule has 0 heterocycles. The van der Waals surface area contributed by atoms with E-state index in [9.17, 15) is 9.59 Å². The maximum atomic E-state index is 12.0. The first-order valence-corrected chi connectivity index (χ1v) is 8.38. The van der Waals surface area contributed by atoms with Crippen molar-refractivity contribution in [1.82, 2.24) is 10.7 Å². The maximum absolute atomic E-state index is 12.0. The molecule has 0 atom stereocenters. The summed E-state index contributed by atoms with van der Waals surface area (Å²) in [6, 6.07) is 14.4. The minimum atomic E-state index is -0.280. The van der Waals surface area contributed by atoms with Gasteiger partial charge in [0.2, 0.25) is 5.91 Å². The molecule has 130 valence electrons. The van der Waals surface area contributed by atoms with E-state index < -0.39 is 0 Å². The molecule has 0 aliphatic rings. The van der Waals surface area contributed by atoms with Crippen LogP contribution in [0.1, 0.15) is 22.3 Å². The Morgan fingerprint density at radius 1 is 1.16 bits per heavy atom. The number of nitrogens with one attached hydrogen (secondary N) is 2. The molecule has 0 aliphatic carbocycles. The van der Waals surface area contributed by atoms with Gasteiger partial charge in [0.1, 0.15) is 5.75 Å². The lowest BCUT2D eigenvalue weighted by Crippen LogP contribution is -2.29. The average molecular weight is 404 g/mol. The summed E-state index contributed by atoms with van der Waals surface area (Å²) in [5.41, 5.74) is 3.79. The van der Waals surface area contributed by atoms with Crippen LogP contribution in [0.5, 0.6) is 5.75 Å². The summed E-state index contributed by atoms with van der Waals surface area (Å²) in [7, 11) is 1.60. The van der Waals surface area contributed by atoms with Crippen LogP contribution >= 0.6 is 15.9 Å². The van der Waals surface area contributed by atoms with Crippen LogP contribution in [0, 0.1) is 0 Å². The lowest BCUT2D eigenvalue weighted by molar-refractivity contribution is -0.120. The molecule has 6 nitrogen and oxygen atoms in total. The number of methoxy groups -OCH3 is 1. The van der Waals surface area contributed by atoms with Crippen molar-refractivity contribution in [3.05, 3.63) is 64.1 Å². The molecule has 2 N–H and O–H groups in total. The van der Waals surface area contributed by atoms with Crippen molar-refractivity contribution in [3.8, 4) is 5.75 Å². The second-order valence-corrected chi connectivity index (χ2v) is 5.91. The van der Waals surface area contributed by atoms with E-state index in [-0.39, 0.29) is 24.8 Å². The summed E-state index contributed by atoms with van der Waals surface area (Å²) >= 11 is 3.32. The number of rotatable bonds is 7. The smallest absolute Gasteiger partial charge is 0.252 e. The molecule has 0 saturated carbocycles. The summed E-state index contributed by atoms with van der Waals surface area (Å²) in [5, 5.41) is 6.58. The van der Waals surface area contributed by atoms with Gasteiger partial charge in [-0.15, -0.1) is 0 Å². The molecular weight excluding hydrogens is 386 g/mol. The second kappa shape index (κ2) is 9.58. The monoisotopic (exact) mass is 403 g/mol. The van der Waals surface area contributed by atoms with E-state index in [1.54, 1.807) is 37.4 Å². The first-order chi connectivity index (χ1) is 12.1. The largest absolute Gasteiger partial charge is 0.497 e. The summed E-state index contributed by atoms with van der Waals surface area (Å²) < 4.78 is 5.77. The summed E-state index contributed by atoms with van der Waals surface area (Å²) in [4.78, 5) is 23.7. The van der Waals surface area contributed by atoms with E-state index in [4.69, 9.17) is 4.74 Å². The standard InChI is InChI=1S/C18H18BrN3O3/c1-25-14-8-6-13(7-9-14)12-21-22-17(23)10-11-20-18(24)15-4-2-3-5-16(15)19/h2-9,12H,10-11H2,1H3,(H,20,24)(H,22,23)/b21-12+. The molecule has 0 bridgehead atoms. The van der Waals surface area contributed by atoms with Crippen LogP contribution in [-0.2, 0) is 4.79 Å². The van der Waals surface area contributed by atoms with Gasteiger partial charge < -0.3 is 10.1 Å². The molecule has 25 heavy (non-hydrogen) atoms. The van der Waals surface area contributed by atoms with Crippen molar-refractivity contribution in [1.29, 1.82) is 0 Å². The van der Waals surface area contributed by atoms with Gasteiger partial charge in [0, 0.05) is 17.4 Å². The lowest BCUT2D eigenvalue weighted by atomic mass is 10.2. The Morgan fingerprint density at radius 3 is 2.56 bits per heavy atom. The van der Waals surface area contributed by atoms with Crippen LogP contribution in [0.3, 0.4) is 0 Å². The predicted octanol–water partition coefficient (Wildman–Crippen LogP) is 2.73. The Kier molecular flexibility index (Phi) is 7.16. The quantitative estimate of drug-likeness (QED) is 0.550. The highest BCUT2D eigenvalue weighted by atomic mass is 79.9. The van der Waals surface area contributed by atoms with Crippen molar-refractivity contribution in [2.75, 3.05) is 13.7 Å². The van der Waals surface area contributed by atoms with Gasteiger partial charge in [-0.05, 0) is 57.9 Å². The molecule has 7 heteroatoms. The molecule has 0 unspecified atom stereocenters. The van der Waals surface area contributed by atoms with E-state index in [1.807, 2.05) is 18.2 Å². The molecule has 2 aromatic carbocycles. The number of hydrazone groups is 1. The number of hydrogen-bond acceptors (Lipinski definition) is 4. The van der Waals surface area contributed by atoms with Crippen LogP contribution in [-0.4, -0.2) is 31.7 Å². The molecule has 2 aromatic rings. The molecule has 0 aliphatic heterocycles. The lowest BCUT2D eigenvalue weighted by Gasteiger charge is -2.06. The number of carbonyl (C=O) groups is 2. The Bertz CT molecular complexity index is 760. The Hall–Kier alpha value is -2.67. The molecule has 2 amide bonds. The number of amides is 2. The number of hydrogen-bond donors (Lipinski definition) is 2. The SMILES string of the molecule is COc1ccc(/C=N/NC(=O)CCNC(=O)c2ccccc2Br)cc1. The van der Waals surface area contributed by atoms with Crippen LogP contribution in [0.2, 0.25) is 0 Å². The zero-order valence-corrected chi connectivity index (χ0v) is 15.2. The fraction of sp³-hybridized carbons (Fsp3) is 0.167. The number of nitrogens with zero attached hydrogens (tertiary/aromatic N) is 1. The van der Waals surface area contributed by atoms with Gasteiger partial charge in [-0.25, -0.2) is 5.43 Å². The van der Waals surface area contributed by atoms with Crippen molar-refractivity contribution >= 4 is 34.0 Å². The molecular formula is C18H18BrN3O3. The van der Waals surface area contributed by atoms with E-state index >= 15 is 0 Å². The Labute approximate surface area is 154 Å². The second-order valence-electron chi connectivity index (χ2n) is 5.05. The first-order valence-electron chi connectivity index (χ1n) is 7.59. The van der Waals surface area contributed by atoms with E-state index in [0.717, 1.165) is 11.3 Å². The highest BCUT2D eigenvalue weighted by Gasteiger charge is 2.09. The van der Waals surface area contributed by atoms with Crippen molar-refractivity contribution in [2.24, 2.45) is 5.10 Å². The fourth-order valence-electron chi connectivity index (χ4n) is 1.95. The minimum Gasteiger partial charge on any atom is -0.497 e. The fourth-order valence-corrected chi connectivity index (χ4v) is 2.42. The molecule has 0 fully saturated rings. The molecule has 0 spiro atoms. The van der Waals surface area contributed by atoms with E-state index in [1.165, 1.54) is 6.21 Å². The predicted molar refractivity (Wildman–Crippen MR) is 99.8 cm³/mol. The van der Waals surface area contributed by atoms with E-state index in [0.29, 0.717) is 10.0 Å². The summed E-state index contributed by atoms with van der Waals surface area (Å²) in [6.45, 7) is 0.226. The van der Waals surface area contributed by atoms with Gasteiger partial charge in [-0.3, -0.25) is 9.59 Å². The first kappa shape index (κ1) is 18.7. The van der Waals surface area contributed by atoms with E-state index in [2.05, 4.69) is 31.8 Å². The topological polar surface area (TPSA) is 79.8 Å². The number of ether oxygens (including phenoxy) is 1. The van der Waals surface area contributed by atoms with Gasteiger partial charge in [0.05, 0.1) is 18.9 Å². The minimum absolute atomic E-state index is 0.135. The molecule has 2 rings (SSSR count). The van der Waals surface area contributed by atoms with Gasteiger partial charge in [-0.2, -0.15) is 5.10 Å². The number of carbonyl (C=O) groups excluding carboxylic acids is 2.